The lowest BCUT2D eigenvalue weighted by Gasteiger charge is -2.15. The van der Waals surface area contributed by atoms with Crippen LogP contribution in [0.25, 0.3) is 5.82 Å². The minimum atomic E-state index is -0.482. The van der Waals surface area contributed by atoms with Crippen LogP contribution in [-0.4, -0.2) is 33.7 Å². The quantitative estimate of drug-likeness (QED) is 0.408. The van der Waals surface area contributed by atoms with E-state index >= 15 is 0 Å². The van der Waals surface area contributed by atoms with Crippen molar-refractivity contribution in [1.29, 1.82) is 0 Å². The predicted octanol–water partition coefficient (Wildman–Crippen LogP) is 5.04. The Labute approximate surface area is 204 Å². The van der Waals surface area contributed by atoms with Gasteiger partial charge < -0.3 is 10.6 Å². The number of aromatic nitrogens is 2. The maximum atomic E-state index is 13.2. The number of aryl methyl sites for hydroxylation is 1. The van der Waals surface area contributed by atoms with E-state index in [2.05, 4.69) is 63.4 Å². The Morgan fingerprint density at radius 1 is 1.06 bits per heavy atom. The summed E-state index contributed by atoms with van der Waals surface area (Å²) in [5.41, 5.74) is 1.73. The van der Waals surface area contributed by atoms with Crippen LogP contribution in [0.5, 0.6) is 0 Å². The molecule has 0 aliphatic carbocycles. The molecule has 0 saturated heterocycles. The van der Waals surface area contributed by atoms with E-state index in [9.17, 15) is 14.4 Å². The van der Waals surface area contributed by atoms with Gasteiger partial charge >= 0.3 is 0 Å². The van der Waals surface area contributed by atoms with E-state index in [1.165, 1.54) is 6.92 Å². The van der Waals surface area contributed by atoms with Gasteiger partial charge in [-0.1, -0.05) is 22.0 Å². The highest BCUT2D eigenvalue weighted by Crippen LogP contribution is 2.32. The molecule has 2 aromatic heterocycles. The molecule has 0 spiro atoms. The van der Waals surface area contributed by atoms with Crippen molar-refractivity contribution in [2.45, 2.75) is 13.8 Å². The minimum absolute atomic E-state index is 0.106. The highest BCUT2D eigenvalue weighted by atomic mass is 79.9. The van der Waals surface area contributed by atoms with E-state index in [4.69, 9.17) is 0 Å². The van der Waals surface area contributed by atoms with Gasteiger partial charge in [-0.25, -0.2) is 4.98 Å². The molecule has 160 valence electrons. The first-order chi connectivity index (χ1) is 14.7. The van der Waals surface area contributed by atoms with Crippen LogP contribution in [0.15, 0.2) is 56.1 Å². The SMILES string of the molecule is CC(=O)CNC(=O)c1cc(Br)cc(Br)c1NC(=O)c1cc(Br)cn1-c1ncccc1C. The molecular weight excluding hydrogens is 596 g/mol. The Hall–Kier alpha value is -2.30. The number of carbonyl (C=O) groups is 3. The summed E-state index contributed by atoms with van der Waals surface area (Å²) in [6.07, 6.45) is 3.40. The van der Waals surface area contributed by atoms with Crippen LogP contribution in [0.3, 0.4) is 0 Å². The van der Waals surface area contributed by atoms with Crippen molar-refractivity contribution in [3.8, 4) is 5.82 Å². The van der Waals surface area contributed by atoms with Gasteiger partial charge in [-0.05, 0) is 75.5 Å². The third-order valence-electron chi connectivity index (χ3n) is 4.27. The van der Waals surface area contributed by atoms with Crippen molar-refractivity contribution >= 4 is 71.1 Å². The van der Waals surface area contributed by atoms with Crippen LogP contribution in [0.2, 0.25) is 0 Å². The summed E-state index contributed by atoms with van der Waals surface area (Å²) in [5, 5.41) is 5.36. The number of amides is 2. The molecule has 0 atom stereocenters. The zero-order valence-corrected chi connectivity index (χ0v) is 21.3. The van der Waals surface area contributed by atoms with Crippen LogP contribution < -0.4 is 10.6 Å². The summed E-state index contributed by atoms with van der Waals surface area (Å²) >= 11 is 10.2. The number of nitrogens with one attached hydrogen (secondary N) is 2. The van der Waals surface area contributed by atoms with Gasteiger partial charge in [0.05, 0.1) is 17.8 Å². The number of anilines is 1. The smallest absolute Gasteiger partial charge is 0.272 e. The Balaban J connectivity index is 1.99. The molecule has 3 rings (SSSR count). The van der Waals surface area contributed by atoms with Gasteiger partial charge in [-0.2, -0.15) is 0 Å². The number of ketones is 1. The van der Waals surface area contributed by atoms with Crippen LogP contribution in [-0.2, 0) is 4.79 Å². The predicted molar refractivity (Wildman–Crippen MR) is 129 cm³/mol. The monoisotopic (exact) mass is 610 g/mol. The third kappa shape index (κ3) is 5.50. The van der Waals surface area contributed by atoms with Gasteiger partial charge in [0.15, 0.2) is 0 Å². The fourth-order valence-corrected chi connectivity index (χ4v) is 4.61. The summed E-state index contributed by atoms with van der Waals surface area (Å²) in [6, 6.07) is 8.69. The Morgan fingerprint density at radius 3 is 2.48 bits per heavy atom. The normalized spacial score (nSPS) is 10.6. The molecule has 0 aliphatic heterocycles. The summed E-state index contributed by atoms with van der Waals surface area (Å²) in [7, 11) is 0. The largest absolute Gasteiger partial charge is 0.345 e. The van der Waals surface area contributed by atoms with Crippen molar-refractivity contribution in [2.24, 2.45) is 0 Å². The number of hydrogen-bond donors (Lipinski definition) is 2. The number of pyridine rings is 1. The second-order valence-corrected chi connectivity index (χ2v) is 9.39. The highest BCUT2D eigenvalue weighted by Gasteiger charge is 2.21. The molecule has 31 heavy (non-hydrogen) atoms. The van der Waals surface area contributed by atoms with E-state index in [0.29, 0.717) is 24.9 Å². The topological polar surface area (TPSA) is 93.1 Å². The molecule has 2 heterocycles. The van der Waals surface area contributed by atoms with Crippen LogP contribution in [0.4, 0.5) is 5.69 Å². The molecule has 0 bridgehead atoms. The second kappa shape index (κ2) is 9.88. The van der Waals surface area contributed by atoms with Crippen molar-refractivity contribution in [3.05, 3.63) is 73.0 Å². The number of nitrogens with zero attached hydrogens (tertiary/aromatic N) is 2. The number of halogens is 3. The van der Waals surface area contributed by atoms with Gasteiger partial charge in [-0.3, -0.25) is 19.0 Å². The molecule has 0 radical (unpaired) electrons. The molecule has 10 heteroatoms. The van der Waals surface area contributed by atoms with E-state index in [0.717, 1.165) is 5.56 Å². The molecule has 0 fully saturated rings. The lowest BCUT2D eigenvalue weighted by atomic mass is 10.1. The van der Waals surface area contributed by atoms with Crippen LogP contribution >= 0.6 is 47.8 Å². The average Bonchev–Trinajstić information content (AvgIpc) is 3.09. The fourth-order valence-electron chi connectivity index (χ4n) is 2.87. The standard InChI is InChI=1S/C21H17Br3N4O3/c1-11-4-3-5-25-19(11)28-10-14(23)8-17(28)21(31)27-18-15(6-13(22)7-16(18)24)20(30)26-9-12(2)29/h3-8,10H,9H2,1-2H3,(H,26,30)(H,27,31). The van der Waals surface area contributed by atoms with Crippen LogP contribution in [0.1, 0.15) is 33.3 Å². The second-order valence-electron chi connectivity index (χ2n) is 6.71. The molecule has 2 N–H and O–H groups in total. The van der Waals surface area contributed by atoms with Crippen molar-refractivity contribution in [3.63, 3.8) is 0 Å². The van der Waals surface area contributed by atoms with Gasteiger partial charge in [0.1, 0.15) is 17.3 Å². The molecule has 7 nitrogen and oxygen atoms in total. The van der Waals surface area contributed by atoms with E-state index in [1.807, 2.05) is 19.1 Å². The fraction of sp³-hybridized carbons (Fsp3) is 0.143. The van der Waals surface area contributed by atoms with Gasteiger partial charge in [0, 0.05) is 25.8 Å². The zero-order chi connectivity index (χ0) is 22.7. The van der Waals surface area contributed by atoms with Crippen molar-refractivity contribution in [1.82, 2.24) is 14.9 Å². The molecule has 2 amide bonds. The first-order valence-electron chi connectivity index (χ1n) is 9.05. The average molecular weight is 613 g/mol. The first kappa shape index (κ1) is 23.4. The molecule has 0 saturated carbocycles. The minimum Gasteiger partial charge on any atom is -0.345 e. The Bertz CT molecular complexity index is 1190. The van der Waals surface area contributed by atoms with E-state index < -0.39 is 11.8 Å². The lowest BCUT2D eigenvalue weighted by Crippen LogP contribution is -2.29. The number of hydrogen-bond acceptors (Lipinski definition) is 4. The molecule has 0 unspecified atom stereocenters. The highest BCUT2D eigenvalue weighted by molar-refractivity contribution is 9.11. The summed E-state index contributed by atoms with van der Waals surface area (Å²) < 4.78 is 3.53. The van der Waals surface area contributed by atoms with Crippen molar-refractivity contribution in [2.75, 3.05) is 11.9 Å². The van der Waals surface area contributed by atoms with Gasteiger partial charge in [0.25, 0.3) is 11.8 Å². The van der Waals surface area contributed by atoms with E-state index in [-0.39, 0.29) is 23.6 Å². The summed E-state index contributed by atoms with van der Waals surface area (Å²) in [4.78, 5) is 41.5. The number of rotatable bonds is 6. The first-order valence-corrected chi connectivity index (χ1v) is 11.4. The lowest BCUT2D eigenvalue weighted by molar-refractivity contribution is -0.116. The zero-order valence-electron chi connectivity index (χ0n) is 16.5. The summed E-state index contributed by atoms with van der Waals surface area (Å²) in [6.45, 7) is 3.18. The van der Waals surface area contributed by atoms with E-state index in [1.54, 1.807) is 35.2 Å². The number of Topliss-reactive ketones (excluding diaryl/α,β-unsaturated/α-hetero) is 1. The molecule has 3 aromatic rings. The maximum Gasteiger partial charge on any atom is 0.272 e. The molecular formula is C21H17Br3N4O3. The Kier molecular flexibility index (Phi) is 7.45. The van der Waals surface area contributed by atoms with Crippen LogP contribution in [0, 0.1) is 6.92 Å². The maximum absolute atomic E-state index is 13.2. The number of carbonyl (C=O) groups excluding carboxylic acids is 3. The Morgan fingerprint density at radius 2 is 1.81 bits per heavy atom. The van der Waals surface area contributed by atoms with Crippen molar-refractivity contribution < 1.29 is 14.4 Å². The number of benzene rings is 1. The third-order valence-corrected chi connectivity index (χ3v) is 5.78. The summed E-state index contributed by atoms with van der Waals surface area (Å²) in [5.74, 6) is -0.474. The van der Waals surface area contributed by atoms with Gasteiger partial charge in [-0.15, -0.1) is 0 Å². The van der Waals surface area contributed by atoms with Gasteiger partial charge in [0.2, 0.25) is 0 Å². The molecule has 1 aromatic carbocycles. The molecule has 0 aliphatic rings.